The number of aromatic nitrogens is 1. The Morgan fingerprint density at radius 1 is 1.33 bits per heavy atom. The Morgan fingerprint density at radius 2 is 1.89 bits per heavy atom. The highest BCUT2D eigenvalue weighted by molar-refractivity contribution is 6.01. The summed E-state index contributed by atoms with van der Waals surface area (Å²) in [4.78, 5) is 6.09. The average molecular weight is 252 g/mol. The molecule has 1 aromatic heterocycles. The van der Waals surface area contributed by atoms with Gasteiger partial charge in [0.15, 0.2) is 0 Å². The molecular formula is C12H20N4O2. The van der Waals surface area contributed by atoms with E-state index in [-0.39, 0.29) is 19.0 Å². The number of nitrogen functional groups attached to an aromatic ring is 1. The summed E-state index contributed by atoms with van der Waals surface area (Å²) in [7, 11) is 0. The zero-order valence-corrected chi connectivity index (χ0v) is 10.8. The molecule has 6 heteroatoms. The highest BCUT2D eigenvalue weighted by Crippen LogP contribution is 2.23. The highest BCUT2D eigenvalue weighted by atomic mass is 16.3. The molecule has 0 aliphatic heterocycles. The number of aliphatic hydroxyl groups is 2. The van der Waals surface area contributed by atoms with Gasteiger partial charge in [0, 0.05) is 18.8 Å². The van der Waals surface area contributed by atoms with Crippen LogP contribution < -0.4 is 10.6 Å². The van der Waals surface area contributed by atoms with E-state index in [4.69, 9.17) is 21.4 Å². The summed E-state index contributed by atoms with van der Waals surface area (Å²) in [6.45, 7) is 4.35. The Kier molecular flexibility index (Phi) is 5.06. The number of nitrogens with one attached hydrogen (secondary N) is 1. The fraction of sp³-hybridized carbons (Fsp3) is 0.500. The van der Waals surface area contributed by atoms with E-state index >= 15 is 0 Å². The van der Waals surface area contributed by atoms with Crippen LogP contribution in [0.15, 0.2) is 6.07 Å². The maximum atomic E-state index is 9.07. The number of aryl methyl sites for hydroxylation is 2. The van der Waals surface area contributed by atoms with Crippen molar-refractivity contribution >= 4 is 11.5 Å². The first-order valence-corrected chi connectivity index (χ1v) is 5.80. The quantitative estimate of drug-likeness (QED) is 0.413. The van der Waals surface area contributed by atoms with Crippen molar-refractivity contribution < 1.29 is 10.2 Å². The Labute approximate surface area is 107 Å². The minimum Gasteiger partial charge on any atom is -0.395 e. The van der Waals surface area contributed by atoms with E-state index in [0.29, 0.717) is 24.3 Å². The minimum atomic E-state index is -0.0594. The molecule has 0 saturated heterocycles. The molecule has 0 spiro atoms. The van der Waals surface area contributed by atoms with Gasteiger partial charge in [-0.05, 0) is 19.9 Å². The molecule has 0 bridgehead atoms. The highest BCUT2D eigenvalue weighted by Gasteiger charge is 2.16. The lowest BCUT2D eigenvalue weighted by Crippen LogP contribution is -2.32. The van der Waals surface area contributed by atoms with E-state index in [1.54, 1.807) is 11.8 Å². The number of pyridine rings is 1. The van der Waals surface area contributed by atoms with Crippen molar-refractivity contribution in [1.29, 1.82) is 5.41 Å². The first-order valence-electron chi connectivity index (χ1n) is 5.80. The molecule has 0 radical (unpaired) electrons. The zero-order valence-electron chi connectivity index (χ0n) is 10.8. The van der Waals surface area contributed by atoms with E-state index in [2.05, 4.69) is 4.98 Å². The molecule has 6 nitrogen and oxygen atoms in total. The summed E-state index contributed by atoms with van der Waals surface area (Å²) < 4.78 is 0. The summed E-state index contributed by atoms with van der Waals surface area (Å²) in [6, 6.07) is 1.81. The van der Waals surface area contributed by atoms with Gasteiger partial charge in [0.2, 0.25) is 0 Å². The second-order valence-electron chi connectivity index (χ2n) is 4.09. The number of nitrogens with zero attached hydrogens (tertiary/aromatic N) is 2. The predicted molar refractivity (Wildman–Crippen MR) is 71.1 cm³/mol. The number of amidine groups is 1. The summed E-state index contributed by atoms with van der Waals surface area (Å²) in [5, 5.41) is 25.8. The van der Waals surface area contributed by atoms with Crippen LogP contribution in [0.5, 0.6) is 0 Å². The molecule has 0 unspecified atom stereocenters. The van der Waals surface area contributed by atoms with E-state index in [0.717, 1.165) is 11.4 Å². The first kappa shape index (κ1) is 14.4. The van der Waals surface area contributed by atoms with Crippen molar-refractivity contribution in [3.63, 3.8) is 0 Å². The molecule has 5 N–H and O–H groups in total. The Bertz CT molecular complexity index is 428. The van der Waals surface area contributed by atoms with Gasteiger partial charge < -0.3 is 20.8 Å². The summed E-state index contributed by atoms with van der Waals surface area (Å²) in [5.41, 5.74) is 8.37. The predicted octanol–water partition coefficient (Wildman–Crippen LogP) is -0.226. The van der Waals surface area contributed by atoms with Gasteiger partial charge in [-0.3, -0.25) is 10.4 Å². The number of anilines is 1. The van der Waals surface area contributed by atoms with Gasteiger partial charge in [-0.15, -0.1) is 0 Å². The number of aliphatic hydroxyl groups excluding tert-OH is 2. The second kappa shape index (κ2) is 6.32. The summed E-state index contributed by atoms with van der Waals surface area (Å²) in [6.07, 6.45) is 0. The third-order valence-corrected chi connectivity index (χ3v) is 2.66. The number of hydrogen-bond acceptors (Lipinski definition) is 5. The van der Waals surface area contributed by atoms with Gasteiger partial charge in [-0.25, -0.2) is 0 Å². The van der Waals surface area contributed by atoms with Crippen molar-refractivity contribution in [1.82, 2.24) is 4.98 Å². The smallest absolute Gasteiger partial charge is 0.126 e. The van der Waals surface area contributed by atoms with Crippen molar-refractivity contribution in [2.45, 2.75) is 13.8 Å². The number of nitrogens with two attached hydrogens (primary N) is 1. The fourth-order valence-electron chi connectivity index (χ4n) is 1.98. The summed E-state index contributed by atoms with van der Waals surface area (Å²) >= 11 is 0. The second-order valence-corrected chi connectivity index (χ2v) is 4.09. The van der Waals surface area contributed by atoms with E-state index in [9.17, 15) is 0 Å². The molecule has 1 rings (SSSR count). The van der Waals surface area contributed by atoms with Gasteiger partial charge in [0.1, 0.15) is 5.84 Å². The first-order chi connectivity index (χ1) is 8.51. The molecule has 0 aliphatic carbocycles. The van der Waals surface area contributed by atoms with Crippen LogP contribution in [-0.4, -0.2) is 47.3 Å². The molecule has 0 aromatic carbocycles. The molecule has 0 amide bonds. The molecule has 1 aromatic rings. The van der Waals surface area contributed by atoms with Crippen LogP contribution in [0.2, 0.25) is 0 Å². The molecular weight excluding hydrogens is 232 g/mol. The van der Waals surface area contributed by atoms with Crippen LogP contribution in [0.4, 0.5) is 5.69 Å². The van der Waals surface area contributed by atoms with Crippen LogP contribution in [0, 0.1) is 19.3 Å². The van der Waals surface area contributed by atoms with Crippen LogP contribution in [-0.2, 0) is 0 Å². The summed E-state index contributed by atoms with van der Waals surface area (Å²) in [5.74, 6) is -0.0594. The third kappa shape index (κ3) is 3.18. The van der Waals surface area contributed by atoms with Crippen molar-refractivity contribution in [2.24, 2.45) is 5.73 Å². The SMILES string of the molecule is Cc1cc(N(CCO)CCO)c(C(=N)N)c(C)n1. The molecule has 0 aliphatic rings. The van der Waals surface area contributed by atoms with E-state index < -0.39 is 0 Å². The Morgan fingerprint density at radius 3 is 2.33 bits per heavy atom. The zero-order chi connectivity index (χ0) is 13.7. The number of rotatable bonds is 6. The van der Waals surface area contributed by atoms with Crippen molar-refractivity contribution in [3.05, 3.63) is 23.0 Å². The lowest BCUT2D eigenvalue weighted by Gasteiger charge is -2.26. The lowest BCUT2D eigenvalue weighted by molar-refractivity contribution is 0.281. The van der Waals surface area contributed by atoms with Crippen LogP contribution in [0.1, 0.15) is 17.0 Å². The molecule has 100 valence electrons. The minimum absolute atomic E-state index is 0.0300. The van der Waals surface area contributed by atoms with Crippen LogP contribution >= 0.6 is 0 Å². The van der Waals surface area contributed by atoms with Crippen molar-refractivity contribution in [3.8, 4) is 0 Å². The number of hydrogen-bond donors (Lipinski definition) is 4. The average Bonchev–Trinajstić information content (AvgIpc) is 2.26. The normalized spacial score (nSPS) is 10.4. The molecule has 0 fully saturated rings. The maximum absolute atomic E-state index is 9.07. The molecule has 1 heterocycles. The van der Waals surface area contributed by atoms with Crippen LogP contribution in [0.3, 0.4) is 0 Å². The van der Waals surface area contributed by atoms with Gasteiger partial charge in [0.25, 0.3) is 0 Å². The van der Waals surface area contributed by atoms with Crippen LogP contribution in [0.25, 0.3) is 0 Å². The molecule has 0 atom stereocenters. The lowest BCUT2D eigenvalue weighted by atomic mass is 10.1. The molecule has 18 heavy (non-hydrogen) atoms. The topological polar surface area (TPSA) is 106 Å². The maximum Gasteiger partial charge on any atom is 0.126 e. The van der Waals surface area contributed by atoms with Gasteiger partial charge in [0.05, 0.1) is 30.2 Å². The monoisotopic (exact) mass is 252 g/mol. The van der Waals surface area contributed by atoms with E-state index in [1.807, 2.05) is 13.0 Å². The van der Waals surface area contributed by atoms with Crippen molar-refractivity contribution in [2.75, 3.05) is 31.2 Å². The standard InChI is InChI=1S/C12H20N4O2/c1-8-7-10(16(3-5-17)4-6-18)11(12(13)14)9(2)15-8/h7,17-18H,3-6H2,1-2H3,(H3,13,14). The van der Waals surface area contributed by atoms with Gasteiger partial charge in [-0.2, -0.15) is 0 Å². The van der Waals surface area contributed by atoms with Gasteiger partial charge in [-0.1, -0.05) is 0 Å². The van der Waals surface area contributed by atoms with Gasteiger partial charge >= 0.3 is 0 Å². The third-order valence-electron chi connectivity index (χ3n) is 2.66. The fourth-order valence-corrected chi connectivity index (χ4v) is 1.98. The largest absolute Gasteiger partial charge is 0.395 e. The molecule has 0 saturated carbocycles. The van der Waals surface area contributed by atoms with E-state index in [1.165, 1.54) is 0 Å². The Hall–Kier alpha value is -1.66. The Balaban J connectivity index is 3.29.